The molecule has 0 aliphatic heterocycles. The summed E-state index contributed by atoms with van der Waals surface area (Å²) >= 11 is 0. The Morgan fingerprint density at radius 1 is 1.00 bits per heavy atom. The molecule has 122 valence electrons. The monoisotopic (exact) mass is 301 g/mol. The first-order valence-electron chi connectivity index (χ1n) is 7.41. The summed E-state index contributed by atoms with van der Waals surface area (Å²) in [7, 11) is 3.37. The molecule has 0 aromatic carbocycles. The van der Waals surface area contributed by atoms with Gasteiger partial charge in [-0.1, -0.05) is 0 Å². The first-order chi connectivity index (χ1) is 10.2. The van der Waals surface area contributed by atoms with Crippen LogP contribution in [0.4, 0.5) is 0 Å². The van der Waals surface area contributed by atoms with Gasteiger partial charge in [0.1, 0.15) is 25.5 Å². The van der Waals surface area contributed by atoms with Crippen molar-refractivity contribution in [2.45, 2.75) is 39.1 Å². The topological polar surface area (TPSA) is 45.7 Å². The molecule has 1 rings (SSSR count). The van der Waals surface area contributed by atoms with Crippen molar-refractivity contribution >= 4 is 0 Å². The Kier molecular flexibility index (Phi) is 9.25. The summed E-state index contributed by atoms with van der Waals surface area (Å²) in [5.74, 6) is 0. The molecular weight excluding hydrogens is 272 g/mol. The van der Waals surface area contributed by atoms with Crippen molar-refractivity contribution in [2.24, 2.45) is 0 Å². The van der Waals surface area contributed by atoms with Gasteiger partial charge in [0.2, 0.25) is 6.33 Å². The minimum absolute atomic E-state index is 0.133. The molecule has 0 saturated heterocycles. The number of methoxy groups -OCH3 is 2. The van der Waals surface area contributed by atoms with Gasteiger partial charge in [-0.3, -0.25) is 0 Å². The molecule has 0 amide bonds. The van der Waals surface area contributed by atoms with Gasteiger partial charge in [0.05, 0.1) is 38.6 Å². The van der Waals surface area contributed by atoms with Crippen molar-refractivity contribution in [3.63, 3.8) is 0 Å². The SMILES string of the molecule is COCC(C)OCCn1cc[n+](CCOC(C)COC)c1. The highest BCUT2D eigenvalue weighted by molar-refractivity contribution is 4.66. The lowest BCUT2D eigenvalue weighted by Crippen LogP contribution is -2.35. The smallest absolute Gasteiger partial charge is 0.243 e. The minimum Gasteiger partial charge on any atom is -0.382 e. The molecule has 0 aliphatic rings. The van der Waals surface area contributed by atoms with Crippen molar-refractivity contribution in [3.8, 4) is 0 Å². The molecule has 0 spiro atoms. The lowest BCUT2D eigenvalue weighted by atomic mass is 10.4. The molecule has 21 heavy (non-hydrogen) atoms. The number of hydrogen-bond acceptors (Lipinski definition) is 4. The molecule has 0 N–H and O–H groups in total. The van der Waals surface area contributed by atoms with Crippen LogP contribution in [0.2, 0.25) is 0 Å². The van der Waals surface area contributed by atoms with Gasteiger partial charge in [0.15, 0.2) is 0 Å². The maximum absolute atomic E-state index is 5.64. The Labute approximate surface area is 127 Å². The van der Waals surface area contributed by atoms with E-state index in [1.54, 1.807) is 14.2 Å². The number of ether oxygens (including phenoxy) is 4. The molecular formula is C15H29N2O4+. The Hall–Kier alpha value is -0.950. The van der Waals surface area contributed by atoms with Crippen molar-refractivity contribution in [1.29, 1.82) is 0 Å². The van der Waals surface area contributed by atoms with Gasteiger partial charge >= 0.3 is 0 Å². The molecule has 1 aromatic rings. The van der Waals surface area contributed by atoms with Gasteiger partial charge in [0, 0.05) is 14.2 Å². The van der Waals surface area contributed by atoms with Crippen LogP contribution in [0, 0.1) is 0 Å². The molecule has 6 nitrogen and oxygen atoms in total. The van der Waals surface area contributed by atoms with Gasteiger partial charge in [0.25, 0.3) is 0 Å². The fraction of sp³-hybridized carbons (Fsp3) is 0.800. The lowest BCUT2D eigenvalue weighted by molar-refractivity contribution is -0.698. The van der Waals surface area contributed by atoms with Crippen LogP contribution in [0.3, 0.4) is 0 Å². The van der Waals surface area contributed by atoms with E-state index in [-0.39, 0.29) is 12.2 Å². The van der Waals surface area contributed by atoms with E-state index in [0.717, 1.165) is 13.1 Å². The second-order valence-corrected chi connectivity index (χ2v) is 5.16. The fourth-order valence-electron chi connectivity index (χ4n) is 1.99. The van der Waals surface area contributed by atoms with E-state index in [4.69, 9.17) is 18.9 Å². The summed E-state index contributed by atoms with van der Waals surface area (Å²) in [6.07, 6.45) is 6.42. The normalized spacial score (nSPS) is 14.3. The van der Waals surface area contributed by atoms with Crippen LogP contribution in [0.15, 0.2) is 18.7 Å². The van der Waals surface area contributed by atoms with Crippen LogP contribution in [0.25, 0.3) is 0 Å². The first-order valence-corrected chi connectivity index (χ1v) is 7.41. The summed E-state index contributed by atoms with van der Waals surface area (Å²) in [6, 6.07) is 0. The predicted molar refractivity (Wildman–Crippen MR) is 79.2 cm³/mol. The Morgan fingerprint density at radius 3 is 2.24 bits per heavy atom. The van der Waals surface area contributed by atoms with Crippen LogP contribution in [0.5, 0.6) is 0 Å². The van der Waals surface area contributed by atoms with E-state index >= 15 is 0 Å². The van der Waals surface area contributed by atoms with Gasteiger partial charge in [-0.15, -0.1) is 0 Å². The quantitative estimate of drug-likeness (QED) is 0.538. The molecule has 0 bridgehead atoms. The summed E-state index contributed by atoms with van der Waals surface area (Å²) in [5, 5.41) is 0. The van der Waals surface area contributed by atoms with Gasteiger partial charge in [-0.25, -0.2) is 9.13 Å². The van der Waals surface area contributed by atoms with E-state index in [2.05, 4.69) is 15.5 Å². The Balaban J connectivity index is 2.17. The minimum atomic E-state index is 0.133. The first kappa shape index (κ1) is 18.1. The highest BCUT2D eigenvalue weighted by Gasteiger charge is 2.07. The zero-order valence-corrected chi connectivity index (χ0v) is 13.7. The van der Waals surface area contributed by atoms with Gasteiger partial charge in [-0.05, 0) is 13.8 Å². The standard InChI is InChI=1S/C15H29N2O4/c1-14(11-18-3)20-9-7-16-5-6-17(13-16)8-10-21-15(2)12-19-4/h5-6,13-15H,7-12H2,1-4H3/q+1. The molecule has 0 fully saturated rings. The number of nitrogens with zero attached hydrogens (tertiary/aromatic N) is 2. The second kappa shape index (κ2) is 10.7. The third-order valence-corrected chi connectivity index (χ3v) is 3.05. The third kappa shape index (κ3) is 8.16. The average Bonchev–Trinajstić information content (AvgIpc) is 2.87. The van der Waals surface area contributed by atoms with Crippen LogP contribution in [-0.2, 0) is 32.0 Å². The number of rotatable bonds is 12. The van der Waals surface area contributed by atoms with Crippen molar-refractivity contribution in [3.05, 3.63) is 18.7 Å². The highest BCUT2D eigenvalue weighted by atomic mass is 16.5. The lowest BCUT2D eigenvalue weighted by Gasteiger charge is -2.10. The van der Waals surface area contributed by atoms with Crippen LogP contribution in [0.1, 0.15) is 13.8 Å². The zero-order chi connectivity index (χ0) is 15.5. The Morgan fingerprint density at radius 2 is 1.62 bits per heavy atom. The highest BCUT2D eigenvalue weighted by Crippen LogP contribution is 1.94. The summed E-state index contributed by atoms with van der Waals surface area (Å²) in [6.45, 7) is 8.31. The molecule has 2 unspecified atom stereocenters. The molecule has 0 radical (unpaired) electrons. The van der Waals surface area contributed by atoms with E-state index in [0.29, 0.717) is 26.4 Å². The molecule has 6 heteroatoms. The molecule has 2 atom stereocenters. The fourth-order valence-corrected chi connectivity index (χ4v) is 1.99. The van der Waals surface area contributed by atoms with E-state index in [9.17, 15) is 0 Å². The molecule has 1 aromatic heterocycles. The Bertz CT molecular complexity index is 338. The van der Waals surface area contributed by atoms with Crippen LogP contribution < -0.4 is 4.57 Å². The third-order valence-electron chi connectivity index (χ3n) is 3.05. The predicted octanol–water partition coefficient (Wildman–Crippen LogP) is 0.879. The van der Waals surface area contributed by atoms with Crippen LogP contribution >= 0.6 is 0 Å². The summed E-state index contributed by atoms with van der Waals surface area (Å²) in [4.78, 5) is 0. The van der Waals surface area contributed by atoms with E-state index in [1.165, 1.54) is 0 Å². The number of imidazole rings is 1. The van der Waals surface area contributed by atoms with Crippen LogP contribution in [-0.4, -0.2) is 57.4 Å². The maximum atomic E-state index is 5.64. The summed E-state index contributed by atoms with van der Waals surface area (Å²) < 4.78 is 25.6. The maximum Gasteiger partial charge on any atom is 0.243 e. The van der Waals surface area contributed by atoms with Crippen molar-refractivity contribution in [2.75, 3.05) is 40.6 Å². The number of hydrogen-bond donors (Lipinski definition) is 0. The zero-order valence-electron chi connectivity index (χ0n) is 13.7. The molecule has 0 aliphatic carbocycles. The largest absolute Gasteiger partial charge is 0.382 e. The molecule has 1 heterocycles. The molecule has 0 saturated carbocycles. The number of aromatic nitrogens is 2. The second-order valence-electron chi connectivity index (χ2n) is 5.16. The summed E-state index contributed by atoms with van der Waals surface area (Å²) in [5.41, 5.74) is 0. The van der Waals surface area contributed by atoms with Crippen molar-refractivity contribution in [1.82, 2.24) is 4.57 Å². The van der Waals surface area contributed by atoms with Gasteiger partial charge < -0.3 is 18.9 Å². The van der Waals surface area contributed by atoms with Crippen molar-refractivity contribution < 1.29 is 23.5 Å². The average molecular weight is 301 g/mol. The van der Waals surface area contributed by atoms with Gasteiger partial charge in [-0.2, -0.15) is 0 Å². The van der Waals surface area contributed by atoms with E-state index < -0.39 is 0 Å². The van der Waals surface area contributed by atoms with E-state index in [1.807, 2.05) is 26.2 Å².